The molecule has 0 fully saturated rings. The van der Waals surface area contributed by atoms with Crippen molar-refractivity contribution in [2.75, 3.05) is 30.9 Å². The Kier molecular flexibility index (Phi) is 7.61. The molecule has 0 radical (unpaired) electrons. The van der Waals surface area contributed by atoms with E-state index in [1.54, 1.807) is 50.1 Å². The number of likely N-dealkylation sites (N-methyl/N-ethyl adjacent to an activating group) is 1. The molecule has 176 valence electrons. The molecule has 1 aromatic carbocycles. The number of carbonyl (C=O) groups excluding carboxylic acids is 2. The minimum atomic E-state index is -0.698. The first-order valence-electron chi connectivity index (χ1n) is 10.2. The molecule has 0 aliphatic heterocycles. The predicted molar refractivity (Wildman–Crippen MR) is 132 cm³/mol. The van der Waals surface area contributed by atoms with Crippen LogP contribution in [0, 0.1) is 0 Å². The lowest BCUT2D eigenvalue weighted by Gasteiger charge is -2.27. The molecule has 11 heteroatoms. The van der Waals surface area contributed by atoms with Crippen LogP contribution in [0.4, 0.5) is 16.3 Å². The van der Waals surface area contributed by atoms with Gasteiger partial charge in [-0.2, -0.15) is 9.61 Å². The summed E-state index contributed by atoms with van der Waals surface area (Å²) in [5.74, 6) is 0.300. The van der Waals surface area contributed by atoms with Gasteiger partial charge in [0.05, 0.1) is 23.8 Å². The lowest BCUT2D eigenvalue weighted by molar-refractivity contribution is -0.116. The molecule has 0 saturated heterocycles. The van der Waals surface area contributed by atoms with Crippen molar-refractivity contribution in [3.8, 4) is 0 Å². The third-order valence-electron chi connectivity index (χ3n) is 4.31. The second-order valence-electron chi connectivity index (χ2n) is 8.71. The van der Waals surface area contributed by atoms with E-state index >= 15 is 0 Å². The molecule has 2 amide bonds. The van der Waals surface area contributed by atoms with Crippen molar-refractivity contribution in [2.45, 2.75) is 32.9 Å². The molecule has 2 aromatic heterocycles. The van der Waals surface area contributed by atoms with Gasteiger partial charge in [-0.25, -0.2) is 9.78 Å². The summed E-state index contributed by atoms with van der Waals surface area (Å²) >= 11 is 9.65. The zero-order chi connectivity index (χ0) is 24.3. The lowest BCUT2D eigenvalue weighted by atomic mass is 10.2. The number of nitrogens with one attached hydrogen (secondary N) is 1. The van der Waals surface area contributed by atoms with E-state index in [9.17, 15) is 9.59 Å². The number of aromatic nitrogens is 3. The minimum Gasteiger partial charge on any atom is -0.443 e. The van der Waals surface area contributed by atoms with Crippen molar-refractivity contribution in [3.05, 3.63) is 51.7 Å². The highest BCUT2D eigenvalue weighted by Crippen LogP contribution is 2.27. The molecule has 0 bridgehead atoms. The zero-order valence-electron chi connectivity index (χ0n) is 19.1. The van der Waals surface area contributed by atoms with Crippen LogP contribution in [0.1, 0.15) is 26.3 Å². The fourth-order valence-corrected chi connectivity index (χ4v) is 3.53. The molecular formula is C22H26BrClN6O3. The van der Waals surface area contributed by atoms with E-state index in [-0.39, 0.29) is 24.1 Å². The van der Waals surface area contributed by atoms with Crippen LogP contribution in [0.25, 0.3) is 5.65 Å². The molecule has 0 unspecified atom stereocenters. The van der Waals surface area contributed by atoms with Crippen LogP contribution >= 0.6 is 27.5 Å². The van der Waals surface area contributed by atoms with Crippen LogP contribution in [0.15, 0.2) is 41.0 Å². The Morgan fingerprint density at radius 2 is 1.88 bits per heavy atom. The Balaban J connectivity index is 1.92. The van der Waals surface area contributed by atoms with Gasteiger partial charge in [-0.05, 0) is 68.5 Å². The number of hydrogen-bond donors (Lipinski definition) is 1. The number of nitrogens with zero attached hydrogens (tertiary/aromatic N) is 5. The van der Waals surface area contributed by atoms with Gasteiger partial charge in [0.2, 0.25) is 5.91 Å². The van der Waals surface area contributed by atoms with Crippen molar-refractivity contribution in [2.24, 2.45) is 0 Å². The first-order valence-corrected chi connectivity index (χ1v) is 11.3. The Hall–Kier alpha value is -2.69. The van der Waals surface area contributed by atoms with Crippen molar-refractivity contribution in [3.63, 3.8) is 0 Å². The van der Waals surface area contributed by atoms with E-state index in [1.165, 1.54) is 9.42 Å². The summed E-state index contributed by atoms with van der Waals surface area (Å²) in [6, 6.07) is 8.81. The van der Waals surface area contributed by atoms with Crippen molar-refractivity contribution in [1.29, 1.82) is 0 Å². The van der Waals surface area contributed by atoms with Crippen molar-refractivity contribution < 1.29 is 14.3 Å². The fourth-order valence-electron chi connectivity index (χ4n) is 3.00. The standard InChI is InChI=1S/C22H26BrClN6O3/c1-22(2,3)33-21(32)29(19-10-17(24)27-20-16(23)11-25-30(19)20)12-14-6-8-15(9-7-14)26-18(31)13-28(4)5/h6-11H,12-13H2,1-5H3,(H,26,31). The van der Waals surface area contributed by atoms with Gasteiger partial charge < -0.3 is 15.0 Å². The van der Waals surface area contributed by atoms with Crippen LogP contribution in [-0.4, -0.2) is 57.7 Å². The Morgan fingerprint density at radius 3 is 2.48 bits per heavy atom. The highest BCUT2D eigenvalue weighted by atomic mass is 79.9. The van der Waals surface area contributed by atoms with E-state index in [0.717, 1.165) is 5.56 Å². The Morgan fingerprint density at radius 1 is 1.21 bits per heavy atom. The number of fused-ring (bicyclic) bond motifs is 1. The minimum absolute atomic E-state index is 0.110. The third kappa shape index (κ3) is 6.66. The normalized spacial score (nSPS) is 11.6. The van der Waals surface area contributed by atoms with Crippen molar-refractivity contribution in [1.82, 2.24) is 19.5 Å². The molecule has 1 N–H and O–H groups in total. The molecule has 2 heterocycles. The molecule has 0 aliphatic carbocycles. The average molecular weight is 538 g/mol. The monoisotopic (exact) mass is 536 g/mol. The van der Waals surface area contributed by atoms with E-state index in [4.69, 9.17) is 16.3 Å². The summed E-state index contributed by atoms with van der Waals surface area (Å²) in [5, 5.41) is 7.38. The van der Waals surface area contributed by atoms with E-state index in [2.05, 4.69) is 31.3 Å². The molecule has 0 atom stereocenters. The smallest absolute Gasteiger partial charge is 0.416 e. The highest BCUT2D eigenvalue weighted by Gasteiger charge is 2.27. The van der Waals surface area contributed by atoms with Crippen LogP contribution in [0.2, 0.25) is 5.15 Å². The molecule has 0 saturated carbocycles. The Bertz CT molecular complexity index is 1160. The summed E-state index contributed by atoms with van der Waals surface area (Å²) in [5.41, 5.74) is 1.26. The second kappa shape index (κ2) is 10.1. The third-order valence-corrected chi connectivity index (χ3v) is 5.06. The number of carbonyl (C=O) groups is 2. The number of rotatable bonds is 6. The molecule has 0 spiro atoms. The van der Waals surface area contributed by atoms with Gasteiger partial charge in [-0.1, -0.05) is 23.7 Å². The quantitative estimate of drug-likeness (QED) is 0.463. The number of halogens is 2. The first-order chi connectivity index (χ1) is 15.4. The topological polar surface area (TPSA) is 92.1 Å². The molecular weight excluding hydrogens is 512 g/mol. The number of hydrogen-bond acceptors (Lipinski definition) is 6. The number of amides is 2. The van der Waals surface area contributed by atoms with E-state index in [1.807, 2.05) is 26.2 Å². The van der Waals surface area contributed by atoms with Crippen LogP contribution in [-0.2, 0) is 16.1 Å². The Labute approximate surface area is 205 Å². The molecule has 3 rings (SSSR count). The fraction of sp³-hybridized carbons (Fsp3) is 0.364. The maximum absolute atomic E-state index is 13.2. The average Bonchev–Trinajstić information content (AvgIpc) is 3.05. The van der Waals surface area contributed by atoms with E-state index in [0.29, 0.717) is 21.6 Å². The lowest BCUT2D eigenvalue weighted by Crippen LogP contribution is -2.37. The molecule has 9 nitrogen and oxygen atoms in total. The van der Waals surface area contributed by atoms with Crippen LogP contribution < -0.4 is 10.2 Å². The van der Waals surface area contributed by atoms with Gasteiger partial charge in [-0.15, -0.1) is 0 Å². The highest BCUT2D eigenvalue weighted by molar-refractivity contribution is 9.10. The summed E-state index contributed by atoms with van der Waals surface area (Å²) < 4.78 is 7.81. The predicted octanol–water partition coefficient (Wildman–Crippen LogP) is 4.59. The maximum Gasteiger partial charge on any atom is 0.416 e. The number of ether oxygens (including phenoxy) is 1. The van der Waals surface area contributed by atoms with Gasteiger partial charge in [0.1, 0.15) is 16.6 Å². The van der Waals surface area contributed by atoms with Gasteiger partial charge in [0.25, 0.3) is 0 Å². The van der Waals surface area contributed by atoms with Gasteiger partial charge in [0.15, 0.2) is 5.65 Å². The first kappa shape index (κ1) is 24.9. The summed E-state index contributed by atoms with van der Waals surface area (Å²) in [7, 11) is 3.66. The van der Waals surface area contributed by atoms with Crippen LogP contribution in [0.3, 0.4) is 0 Å². The number of anilines is 2. The molecule has 0 aliphatic rings. The summed E-state index contributed by atoms with van der Waals surface area (Å²) in [4.78, 5) is 32.7. The summed E-state index contributed by atoms with van der Waals surface area (Å²) in [6.07, 6.45) is 1.03. The maximum atomic E-state index is 13.2. The zero-order valence-corrected chi connectivity index (χ0v) is 21.4. The largest absolute Gasteiger partial charge is 0.443 e. The second-order valence-corrected chi connectivity index (χ2v) is 9.96. The van der Waals surface area contributed by atoms with Gasteiger partial charge in [0, 0.05) is 11.8 Å². The SMILES string of the molecule is CN(C)CC(=O)Nc1ccc(CN(C(=O)OC(C)(C)C)c2cc(Cl)nc3c(Br)cnn23)cc1. The van der Waals surface area contributed by atoms with Gasteiger partial charge >= 0.3 is 6.09 Å². The van der Waals surface area contributed by atoms with E-state index < -0.39 is 11.7 Å². The molecule has 3 aromatic rings. The summed E-state index contributed by atoms with van der Waals surface area (Å²) in [6.45, 7) is 5.87. The number of benzene rings is 1. The van der Waals surface area contributed by atoms with Crippen molar-refractivity contribution >= 4 is 56.7 Å². The van der Waals surface area contributed by atoms with Crippen LogP contribution in [0.5, 0.6) is 0 Å². The molecule has 33 heavy (non-hydrogen) atoms. The van der Waals surface area contributed by atoms with Gasteiger partial charge in [-0.3, -0.25) is 9.69 Å².